The highest BCUT2D eigenvalue weighted by Crippen LogP contribution is 2.31. The number of allylic oxidation sites excluding steroid dienone is 1. The molecule has 1 aliphatic heterocycles. The molecule has 0 fully saturated rings. The Labute approximate surface area is 264 Å². The molecule has 8 nitrogen and oxygen atoms in total. The van der Waals surface area contributed by atoms with E-state index in [4.69, 9.17) is 4.74 Å². The largest absolute Gasteiger partial charge is 0.463 e. The summed E-state index contributed by atoms with van der Waals surface area (Å²) >= 11 is 0. The van der Waals surface area contributed by atoms with Gasteiger partial charge in [0.25, 0.3) is 15.9 Å². The maximum atomic E-state index is 13.3. The highest BCUT2D eigenvalue weighted by molar-refractivity contribution is 7.90. The van der Waals surface area contributed by atoms with Crippen LogP contribution in [-0.2, 0) is 32.4 Å². The van der Waals surface area contributed by atoms with Crippen molar-refractivity contribution in [2.75, 3.05) is 13.2 Å². The second kappa shape index (κ2) is 14.4. The molecule has 232 valence electrons. The number of hydrogen-bond acceptors (Lipinski definition) is 7. The number of ether oxygens (including phenoxy) is 1. The molecule has 4 aromatic rings. The first-order valence-corrected chi connectivity index (χ1v) is 16.6. The van der Waals surface area contributed by atoms with Crippen LogP contribution in [0.25, 0.3) is 11.1 Å². The van der Waals surface area contributed by atoms with Crippen LogP contribution in [0, 0.1) is 0 Å². The summed E-state index contributed by atoms with van der Waals surface area (Å²) in [7, 11) is -4.16. The van der Waals surface area contributed by atoms with Gasteiger partial charge >= 0.3 is 5.97 Å². The lowest BCUT2D eigenvalue weighted by molar-refractivity contribution is -0.138. The first-order valence-electron chi connectivity index (χ1n) is 15.1. The molecule has 5 rings (SSSR count). The lowest BCUT2D eigenvalue weighted by Crippen LogP contribution is -2.40. The molecule has 0 saturated heterocycles. The Morgan fingerprint density at radius 1 is 0.822 bits per heavy atom. The third-order valence-corrected chi connectivity index (χ3v) is 8.99. The normalized spacial score (nSPS) is 14.8. The van der Waals surface area contributed by atoms with Gasteiger partial charge in [0.15, 0.2) is 0 Å². The van der Waals surface area contributed by atoms with Gasteiger partial charge in [0.2, 0.25) is 0 Å². The molecular weight excluding hydrogens is 586 g/mol. The average Bonchev–Trinajstić information content (AvgIpc) is 3.38. The van der Waals surface area contributed by atoms with Crippen molar-refractivity contribution in [1.82, 2.24) is 15.2 Å². The van der Waals surface area contributed by atoms with Crippen molar-refractivity contribution < 1.29 is 22.7 Å². The molecule has 1 aliphatic rings. The standard InChI is InChI=1S/C36H37N3O5S/c1-3-23-39-32(34(36(41)44-4-2)31(37-39)24-26-13-7-5-8-14-26)25-27-19-21-28(22-20-27)30-17-11-12-18-33(30)45(42,43)38-35(40)29-15-9-6-10-16-29/h5-22,31,37H,3-4,23-25H2,1-2H3,(H,38,40). The van der Waals surface area contributed by atoms with Gasteiger partial charge in [-0.15, -0.1) is 0 Å². The molecule has 1 amide bonds. The van der Waals surface area contributed by atoms with Gasteiger partial charge in [-0.1, -0.05) is 97.9 Å². The Morgan fingerprint density at radius 2 is 1.47 bits per heavy atom. The second-order valence-electron chi connectivity index (χ2n) is 10.8. The zero-order valence-corrected chi connectivity index (χ0v) is 26.2. The highest BCUT2D eigenvalue weighted by atomic mass is 32.2. The average molecular weight is 624 g/mol. The van der Waals surface area contributed by atoms with E-state index in [2.05, 4.69) is 34.2 Å². The highest BCUT2D eigenvalue weighted by Gasteiger charge is 2.36. The summed E-state index contributed by atoms with van der Waals surface area (Å²) in [6, 6.07) is 32.3. The van der Waals surface area contributed by atoms with E-state index < -0.39 is 15.9 Å². The molecule has 9 heteroatoms. The molecule has 1 unspecified atom stereocenters. The van der Waals surface area contributed by atoms with Crippen LogP contribution in [0.5, 0.6) is 0 Å². The zero-order valence-electron chi connectivity index (χ0n) is 25.4. The van der Waals surface area contributed by atoms with Crippen LogP contribution in [0.3, 0.4) is 0 Å². The topological polar surface area (TPSA) is 105 Å². The maximum Gasteiger partial charge on any atom is 0.337 e. The number of carbonyl (C=O) groups is 2. The van der Waals surface area contributed by atoms with E-state index in [1.165, 1.54) is 6.07 Å². The number of nitrogens with one attached hydrogen (secondary N) is 2. The fraction of sp³-hybridized carbons (Fsp3) is 0.222. The third kappa shape index (κ3) is 7.50. The molecule has 0 aromatic heterocycles. The van der Waals surface area contributed by atoms with Gasteiger partial charge in [-0.25, -0.2) is 23.4 Å². The Balaban J connectivity index is 1.43. The summed E-state index contributed by atoms with van der Waals surface area (Å²) in [6.45, 7) is 4.91. The molecule has 2 N–H and O–H groups in total. The zero-order chi connectivity index (χ0) is 31.8. The Hall–Kier alpha value is -4.73. The predicted molar refractivity (Wildman–Crippen MR) is 174 cm³/mol. The van der Waals surface area contributed by atoms with Gasteiger partial charge in [-0.2, -0.15) is 0 Å². The molecule has 45 heavy (non-hydrogen) atoms. The minimum absolute atomic E-state index is 0.00667. The summed E-state index contributed by atoms with van der Waals surface area (Å²) in [5.41, 5.74) is 8.53. The lowest BCUT2D eigenvalue weighted by atomic mass is 9.96. The van der Waals surface area contributed by atoms with E-state index in [0.717, 1.165) is 29.8 Å². The number of amides is 1. The van der Waals surface area contributed by atoms with Crippen molar-refractivity contribution in [3.05, 3.63) is 137 Å². The number of sulfonamides is 1. The van der Waals surface area contributed by atoms with Crippen molar-refractivity contribution in [2.45, 2.75) is 44.0 Å². The minimum atomic E-state index is -4.16. The van der Waals surface area contributed by atoms with E-state index in [-0.39, 0.29) is 29.1 Å². The monoisotopic (exact) mass is 623 g/mol. The Bertz CT molecular complexity index is 1770. The summed E-state index contributed by atoms with van der Waals surface area (Å²) in [5, 5.41) is 2.06. The Morgan fingerprint density at radius 3 is 2.13 bits per heavy atom. The van der Waals surface area contributed by atoms with Gasteiger partial charge in [0.05, 0.1) is 23.1 Å². The van der Waals surface area contributed by atoms with Crippen LogP contribution in [-0.4, -0.2) is 44.5 Å². The smallest absolute Gasteiger partial charge is 0.337 e. The lowest BCUT2D eigenvalue weighted by Gasteiger charge is -2.23. The number of rotatable bonds is 12. The van der Waals surface area contributed by atoms with Gasteiger partial charge < -0.3 is 9.75 Å². The van der Waals surface area contributed by atoms with Crippen molar-refractivity contribution in [2.24, 2.45) is 0 Å². The van der Waals surface area contributed by atoms with E-state index in [0.29, 0.717) is 29.5 Å². The number of carbonyl (C=O) groups excluding carboxylic acids is 2. The summed E-state index contributed by atoms with van der Waals surface area (Å²) in [6.07, 6.45) is 2.01. The van der Waals surface area contributed by atoms with E-state index in [1.807, 2.05) is 42.5 Å². The molecule has 0 spiro atoms. The van der Waals surface area contributed by atoms with Crippen LogP contribution < -0.4 is 10.1 Å². The maximum absolute atomic E-state index is 13.3. The van der Waals surface area contributed by atoms with Crippen molar-refractivity contribution >= 4 is 21.9 Å². The first kappa shape index (κ1) is 31.7. The number of hydrazine groups is 1. The Kier molecular flexibility index (Phi) is 10.1. The van der Waals surface area contributed by atoms with Crippen LogP contribution >= 0.6 is 0 Å². The summed E-state index contributed by atoms with van der Waals surface area (Å²) < 4.78 is 34.4. The summed E-state index contributed by atoms with van der Waals surface area (Å²) in [5.74, 6) is -1.02. The molecule has 0 saturated carbocycles. The minimum Gasteiger partial charge on any atom is -0.463 e. The van der Waals surface area contributed by atoms with E-state index >= 15 is 0 Å². The quantitative estimate of drug-likeness (QED) is 0.196. The van der Waals surface area contributed by atoms with Gasteiger partial charge in [0, 0.05) is 29.8 Å². The van der Waals surface area contributed by atoms with Crippen LogP contribution in [0.4, 0.5) is 0 Å². The molecule has 0 radical (unpaired) electrons. The van der Waals surface area contributed by atoms with Crippen molar-refractivity contribution in [3.63, 3.8) is 0 Å². The van der Waals surface area contributed by atoms with Gasteiger partial charge in [0.1, 0.15) is 0 Å². The fourth-order valence-corrected chi connectivity index (χ4v) is 6.72. The van der Waals surface area contributed by atoms with Gasteiger partial charge in [-0.05, 0) is 54.7 Å². The first-order chi connectivity index (χ1) is 21.8. The van der Waals surface area contributed by atoms with Crippen molar-refractivity contribution in [1.29, 1.82) is 0 Å². The van der Waals surface area contributed by atoms with Crippen LogP contribution in [0.1, 0.15) is 41.8 Å². The molecule has 1 heterocycles. The second-order valence-corrected chi connectivity index (χ2v) is 12.4. The molecule has 0 bridgehead atoms. The van der Waals surface area contributed by atoms with Crippen LogP contribution in [0.15, 0.2) is 125 Å². The number of nitrogens with zero attached hydrogens (tertiary/aromatic N) is 1. The van der Waals surface area contributed by atoms with Crippen molar-refractivity contribution in [3.8, 4) is 11.1 Å². The van der Waals surface area contributed by atoms with E-state index in [1.54, 1.807) is 55.5 Å². The third-order valence-electron chi connectivity index (χ3n) is 7.60. The SMILES string of the molecule is CCCN1NC(Cc2ccccc2)C(C(=O)OCC)=C1Cc1ccc(-c2ccccc2S(=O)(=O)NC(=O)c2ccccc2)cc1. The molecule has 1 atom stereocenters. The number of hydrogen-bond donors (Lipinski definition) is 2. The predicted octanol–water partition coefficient (Wildman–Crippen LogP) is 5.67. The van der Waals surface area contributed by atoms with E-state index in [9.17, 15) is 18.0 Å². The number of esters is 1. The molecule has 4 aromatic carbocycles. The van der Waals surface area contributed by atoms with Gasteiger partial charge in [-0.3, -0.25) is 4.79 Å². The fourth-order valence-electron chi connectivity index (χ4n) is 5.52. The summed E-state index contributed by atoms with van der Waals surface area (Å²) in [4.78, 5) is 26.0. The molecule has 0 aliphatic carbocycles. The number of benzene rings is 4. The molecular formula is C36H37N3O5S. The van der Waals surface area contributed by atoms with Crippen LogP contribution in [0.2, 0.25) is 0 Å².